The van der Waals surface area contributed by atoms with Crippen LogP contribution in [0.15, 0.2) is 53.1 Å². The molecule has 2 unspecified atom stereocenters. The van der Waals surface area contributed by atoms with Crippen LogP contribution >= 0.6 is 0 Å². The lowest BCUT2D eigenvalue weighted by atomic mass is 9.92. The van der Waals surface area contributed by atoms with Crippen LogP contribution in [0.1, 0.15) is 30.2 Å². The summed E-state index contributed by atoms with van der Waals surface area (Å²) in [5, 5.41) is 7.24. The second-order valence-corrected chi connectivity index (χ2v) is 5.05. The summed E-state index contributed by atoms with van der Waals surface area (Å²) in [6, 6.07) is 15.5. The molecule has 0 amide bonds. The molecule has 0 bridgehead atoms. The monoisotopic (exact) mass is 256 g/mol. The van der Waals surface area contributed by atoms with Crippen LogP contribution in [0.25, 0.3) is 0 Å². The molecule has 2 atom stereocenters. The van der Waals surface area contributed by atoms with Crippen LogP contribution in [-0.2, 0) is 6.54 Å². The van der Waals surface area contributed by atoms with Gasteiger partial charge in [0.25, 0.3) is 0 Å². The molecule has 0 saturated carbocycles. The summed E-state index contributed by atoms with van der Waals surface area (Å²) in [5.41, 5.74) is 1.36. The van der Waals surface area contributed by atoms with E-state index >= 15 is 0 Å². The minimum absolute atomic E-state index is 0.393. The predicted molar refractivity (Wildman–Crippen MR) is 75.8 cm³/mol. The van der Waals surface area contributed by atoms with Gasteiger partial charge in [0.2, 0.25) is 0 Å². The molecular formula is C16H20N2O. The van der Waals surface area contributed by atoms with Crippen molar-refractivity contribution >= 4 is 0 Å². The molecule has 1 fully saturated rings. The fraction of sp³-hybridized carbons (Fsp3) is 0.375. The Morgan fingerprint density at radius 2 is 2.05 bits per heavy atom. The first kappa shape index (κ1) is 12.5. The number of hydrogen-bond acceptors (Lipinski definition) is 3. The molecule has 100 valence electrons. The molecule has 1 aromatic carbocycles. The van der Waals surface area contributed by atoms with Gasteiger partial charge in [-0.1, -0.05) is 30.3 Å². The van der Waals surface area contributed by atoms with Gasteiger partial charge in [0.15, 0.2) is 0 Å². The Labute approximate surface area is 114 Å². The molecular weight excluding hydrogens is 236 g/mol. The van der Waals surface area contributed by atoms with Crippen LogP contribution in [0.2, 0.25) is 0 Å². The predicted octanol–water partition coefficient (Wildman–Crippen LogP) is 2.86. The summed E-state index contributed by atoms with van der Waals surface area (Å²) in [6.45, 7) is 1.89. The lowest BCUT2D eigenvalue weighted by Crippen LogP contribution is -2.45. The Bertz CT molecular complexity index is 481. The van der Waals surface area contributed by atoms with Crippen molar-refractivity contribution in [1.82, 2.24) is 10.6 Å². The third kappa shape index (κ3) is 3.06. The maximum Gasteiger partial charge on any atom is 0.117 e. The van der Waals surface area contributed by atoms with E-state index in [1.165, 1.54) is 18.4 Å². The highest BCUT2D eigenvalue weighted by Crippen LogP contribution is 2.23. The zero-order chi connectivity index (χ0) is 12.9. The number of rotatable bonds is 4. The van der Waals surface area contributed by atoms with Crippen molar-refractivity contribution in [3.8, 4) is 0 Å². The number of nitrogens with one attached hydrogen (secondary N) is 2. The lowest BCUT2D eigenvalue weighted by Gasteiger charge is -2.33. The summed E-state index contributed by atoms with van der Waals surface area (Å²) >= 11 is 0. The van der Waals surface area contributed by atoms with Gasteiger partial charge in [-0.3, -0.25) is 0 Å². The molecule has 3 nitrogen and oxygen atoms in total. The molecule has 1 aromatic heterocycles. The number of benzene rings is 1. The van der Waals surface area contributed by atoms with Crippen LogP contribution < -0.4 is 10.6 Å². The van der Waals surface area contributed by atoms with E-state index in [9.17, 15) is 0 Å². The summed E-state index contributed by atoms with van der Waals surface area (Å²) in [5.74, 6) is 0.998. The van der Waals surface area contributed by atoms with Gasteiger partial charge in [0.1, 0.15) is 5.76 Å². The van der Waals surface area contributed by atoms with E-state index in [0.29, 0.717) is 12.1 Å². The topological polar surface area (TPSA) is 37.2 Å². The van der Waals surface area contributed by atoms with Crippen molar-refractivity contribution in [3.63, 3.8) is 0 Å². The molecule has 1 aliphatic rings. The maximum atomic E-state index is 5.38. The highest BCUT2D eigenvalue weighted by atomic mass is 16.3. The molecule has 2 heterocycles. The number of hydrogen-bond donors (Lipinski definition) is 2. The van der Waals surface area contributed by atoms with Crippen molar-refractivity contribution in [2.45, 2.75) is 31.5 Å². The van der Waals surface area contributed by atoms with Gasteiger partial charge in [-0.25, -0.2) is 0 Å². The smallest absolute Gasteiger partial charge is 0.117 e. The standard InChI is InChI=1S/C16H20N2O/c1-2-6-13(7-3-1)16-15(9-4-10-17-16)18-12-14-8-5-11-19-14/h1-3,5-8,11,15-18H,4,9-10,12H2. The highest BCUT2D eigenvalue weighted by Gasteiger charge is 2.25. The molecule has 0 radical (unpaired) electrons. The van der Waals surface area contributed by atoms with Crippen molar-refractivity contribution in [1.29, 1.82) is 0 Å². The van der Waals surface area contributed by atoms with Crippen LogP contribution in [0, 0.1) is 0 Å². The molecule has 0 aliphatic carbocycles. The first-order valence-corrected chi connectivity index (χ1v) is 6.97. The second-order valence-electron chi connectivity index (χ2n) is 5.05. The van der Waals surface area contributed by atoms with Gasteiger partial charge < -0.3 is 15.1 Å². The third-order valence-corrected chi connectivity index (χ3v) is 3.74. The van der Waals surface area contributed by atoms with Crippen LogP contribution in [0.3, 0.4) is 0 Å². The minimum atomic E-state index is 0.393. The second kappa shape index (κ2) is 6.04. The summed E-state index contributed by atoms with van der Waals surface area (Å²) in [6.07, 6.45) is 4.15. The van der Waals surface area contributed by atoms with Crippen molar-refractivity contribution in [3.05, 3.63) is 60.1 Å². The Balaban J connectivity index is 1.67. The van der Waals surface area contributed by atoms with E-state index in [0.717, 1.165) is 18.8 Å². The van der Waals surface area contributed by atoms with E-state index in [-0.39, 0.29) is 0 Å². The zero-order valence-electron chi connectivity index (χ0n) is 11.0. The van der Waals surface area contributed by atoms with E-state index in [1.54, 1.807) is 6.26 Å². The molecule has 2 N–H and O–H groups in total. The molecule has 3 rings (SSSR count). The van der Waals surface area contributed by atoms with E-state index in [2.05, 4.69) is 41.0 Å². The molecule has 0 spiro atoms. The molecule has 1 aliphatic heterocycles. The Morgan fingerprint density at radius 3 is 2.84 bits per heavy atom. The average molecular weight is 256 g/mol. The van der Waals surface area contributed by atoms with Crippen LogP contribution in [0.5, 0.6) is 0 Å². The summed E-state index contributed by atoms with van der Waals surface area (Å²) in [7, 11) is 0. The first-order chi connectivity index (χ1) is 9.43. The van der Waals surface area contributed by atoms with Gasteiger partial charge in [0, 0.05) is 12.1 Å². The van der Waals surface area contributed by atoms with Crippen molar-refractivity contribution < 1.29 is 4.42 Å². The van der Waals surface area contributed by atoms with Crippen molar-refractivity contribution in [2.24, 2.45) is 0 Å². The molecule has 3 heteroatoms. The van der Waals surface area contributed by atoms with Gasteiger partial charge in [0.05, 0.1) is 12.8 Å². The molecule has 19 heavy (non-hydrogen) atoms. The van der Waals surface area contributed by atoms with E-state index in [1.807, 2.05) is 12.1 Å². The Morgan fingerprint density at radius 1 is 1.16 bits per heavy atom. The number of furan rings is 1. The Kier molecular flexibility index (Phi) is 3.96. The third-order valence-electron chi connectivity index (χ3n) is 3.74. The van der Waals surface area contributed by atoms with E-state index < -0.39 is 0 Å². The van der Waals surface area contributed by atoms with Crippen LogP contribution in [0.4, 0.5) is 0 Å². The lowest BCUT2D eigenvalue weighted by molar-refractivity contribution is 0.296. The summed E-state index contributed by atoms with van der Waals surface area (Å²) in [4.78, 5) is 0. The highest BCUT2D eigenvalue weighted by molar-refractivity contribution is 5.21. The SMILES string of the molecule is c1ccc(C2NCCCC2NCc2ccco2)cc1. The largest absolute Gasteiger partial charge is 0.468 e. The maximum absolute atomic E-state index is 5.38. The normalized spacial score (nSPS) is 23.4. The van der Waals surface area contributed by atoms with Crippen LogP contribution in [-0.4, -0.2) is 12.6 Å². The Hall–Kier alpha value is -1.58. The van der Waals surface area contributed by atoms with Gasteiger partial charge in [-0.05, 0) is 37.1 Å². The van der Waals surface area contributed by atoms with E-state index in [4.69, 9.17) is 4.42 Å². The summed E-state index contributed by atoms with van der Waals surface area (Å²) < 4.78 is 5.38. The number of piperidine rings is 1. The zero-order valence-corrected chi connectivity index (χ0v) is 11.0. The fourth-order valence-corrected chi connectivity index (χ4v) is 2.76. The van der Waals surface area contributed by atoms with Crippen molar-refractivity contribution in [2.75, 3.05) is 6.54 Å². The minimum Gasteiger partial charge on any atom is -0.468 e. The van der Waals surface area contributed by atoms with Gasteiger partial charge in [-0.2, -0.15) is 0 Å². The van der Waals surface area contributed by atoms with Gasteiger partial charge >= 0.3 is 0 Å². The quantitative estimate of drug-likeness (QED) is 0.883. The first-order valence-electron chi connectivity index (χ1n) is 6.97. The molecule has 1 saturated heterocycles. The molecule has 2 aromatic rings. The van der Waals surface area contributed by atoms with Gasteiger partial charge in [-0.15, -0.1) is 0 Å². The average Bonchev–Trinajstić information content (AvgIpc) is 3.00. The fourth-order valence-electron chi connectivity index (χ4n) is 2.76.